The van der Waals surface area contributed by atoms with Gasteiger partial charge in [0, 0.05) is 19.5 Å². The zero-order chi connectivity index (χ0) is 15.4. The van der Waals surface area contributed by atoms with Crippen molar-refractivity contribution in [3.8, 4) is 0 Å². The Morgan fingerprint density at radius 3 is 2.52 bits per heavy atom. The standard InChI is InChI=1S/C17H23NO3/c1-12-3-4-13(2)15(9-12)11-16(19)18-7-5-14(6-8-18)10-17(20)21/h3-4,9,14H,5-8,10-11H2,1-2H3,(H,20,21). The van der Waals surface area contributed by atoms with Crippen molar-refractivity contribution in [1.82, 2.24) is 4.90 Å². The lowest BCUT2D eigenvalue weighted by Gasteiger charge is -2.31. The number of likely N-dealkylation sites (tertiary alicyclic amines) is 1. The molecule has 0 unspecified atom stereocenters. The zero-order valence-electron chi connectivity index (χ0n) is 12.8. The van der Waals surface area contributed by atoms with Crippen LogP contribution in [-0.2, 0) is 16.0 Å². The average molecular weight is 289 g/mol. The molecule has 1 saturated heterocycles. The van der Waals surface area contributed by atoms with E-state index in [2.05, 4.69) is 18.2 Å². The molecule has 1 aliphatic heterocycles. The average Bonchev–Trinajstić information content (AvgIpc) is 2.43. The van der Waals surface area contributed by atoms with E-state index in [1.54, 1.807) is 0 Å². The summed E-state index contributed by atoms with van der Waals surface area (Å²) in [4.78, 5) is 25.0. The van der Waals surface area contributed by atoms with Gasteiger partial charge >= 0.3 is 5.97 Å². The molecule has 1 N–H and O–H groups in total. The van der Waals surface area contributed by atoms with Crippen LogP contribution >= 0.6 is 0 Å². The summed E-state index contributed by atoms with van der Waals surface area (Å²) in [5.41, 5.74) is 3.41. The van der Waals surface area contributed by atoms with Crippen molar-refractivity contribution in [1.29, 1.82) is 0 Å². The molecule has 0 spiro atoms. The van der Waals surface area contributed by atoms with Crippen LogP contribution in [0.4, 0.5) is 0 Å². The van der Waals surface area contributed by atoms with Crippen LogP contribution in [-0.4, -0.2) is 35.0 Å². The van der Waals surface area contributed by atoms with Gasteiger partial charge in [0.1, 0.15) is 0 Å². The molecule has 114 valence electrons. The number of carboxylic acid groups (broad SMARTS) is 1. The minimum Gasteiger partial charge on any atom is -0.481 e. The van der Waals surface area contributed by atoms with Gasteiger partial charge < -0.3 is 10.0 Å². The lowest BCUT2D eigenvalue weighted by atomic mass is 9.93. The van der Waals surface area contributed by atoms with E-state index in [0.717, 1.165) is 24.0 Å². The summed E-state index contributed by atoms with van der Waals surface area (Å²) in [6.45, 7) is 5.43. The van der Waals surface area contributed by atoms with E-state index in [1.165, 1.54) is 5.56 Å². The van der Waals surface area contributed by atoms with E-state index in [1.807, 2.05) is 18.7 Å². The van der Waals surface area contributed by atoms with Crippen LogP contribution in [0.25, 0.3) is 0 Å². The fourth-order valence-electron chi connectivity index (χ4n) is 2.90. The molecule has 0 saturated carbocycles. The predicted molar refractivity (Wildman–Crippen MR) is 81.2 cm³/mol. The van der Waals surface area contributed by atoms with Crippen LogP contribution in [0.5, 0.6) is 0 Å². The monoisotopic (exact) mass is 289 g/mol. The van der Waals surface area contributed by atoms with Crippen molar-refractivity contribution in [3.63, 3.8) is 0 Å². The number of aliphatic carboxylic acids is 1. The molecule has 0 radical (unpaired) electrons. The number of nitrogens with zero attached hydrogens (tertiary/aromatic N) is 1. The quantitative estimate of drug-likeness (QED) is 0.926. The van der Waals surface area contributed by atoms with Gasteiger partial charge in [-0.15, -0.1) is 0 Å². The number of carboxylic acids is 1. The molecule has 0 aromatic heterocycles. The maximum atomic E-state index is 12.4. The highest BCUT2D eigenvalue weighted by atomic mass is 16.4. The maximum Gasteiger partial charge on any atom is 0.303 e. The molecule has 0 bridgehead atoms. The minimum absolute atomic E-state index is 0.150. The zero-order valence-corrected chi connectivity index (χ0v) is 12.8. The molecule has 1 aromatic carbocycles. The van der Waals surface area contributed by atoms with Gasteiger partial charge in [-0.05, 0) is 43.7 Å². The Morgan fingerprint density at radius 2 is 1.90 bits per heavy atom. The molecular weight excluding hydrogens is 266 g/mol. The van der Waals surface area contributed by atoms with Gasteiger partial charge in [0.2, 0.25) is 5.91 Å². The number of amides is 1. The fraction of sp³-hybridized carbons (Fsp3) is 0.529. The highest BCUT2D eigenvalue weighted by Gasteiger charge is 2.24. The Kier molecular flexibility index (Phi) is 4.99. The molecule has 1 aliphatic rings. The first-order chi connectivity index (χ1) is 9.95. The summed E-state index contributed by atoms with van der Waals surface area (Å²) in [5, 5.41) is 8.81. The first kappa shape index (κ1) is 15.5. The summed E-state index contributed by atoms with van der Waals surface area (Å²) in [6, 6.07) is 6.18. The number of piperidine rings is 1. The van der Waals surface area contributed by atoms with Crippen molar-refractivity contribution in [2.45, 2.75) is 39.5 Å². The minimum atomic E-state index is -0.741. The fourth-order valence-corrected chi connectivity index (χ4v) is 2.90. The highest BCUT2D eigenvalue weighted by molar-refractivity contribution is 5.79. The molecule has 2 rings (SSSR count). The maximum absolute atomic E-state index is 12.4. The van der Waals surface area contributed by atoms with E-state index in [0.29, 0.717) is 19.5 Å². The lowest BCUT2D eigenvalue weighted by molar-refractivity contribution is -0.138. The van der Waals surface area contributed by atoms with Gasteiger partial charge in [-0.25, -0.2) is 0 Å². The van der Waals surface area contributed by atoms with E-state index in [4.69, 9.17) is 5.11 Å². The van der Waals surface area contributed by atoms with Gasteiger partial charge in [0.15, 0.2) is 0 Å². The van der Waals surface area contributed by atoms with E-state index in [-0.39, 0.29) is 18.2 Å². The number of benzene rings is 1. The SMILES string of the molecule is Cc1ccc(C)c(CC(=O)N2CCC(CC(=O)O)CC2)c1. The van der Waals surface area contributed by atoms with Crippen LogP contribution < -0.4 is 0 Å². The van der Waals surface area contributed by atoms with Crippen LogP contribution in [0.1, 0.15) is 36.0 Å². The Labute approximate surface area is 125 Å². The Balaban J connectivity index is 1.90. The normalized spacial score (nSPS) is 16.0. The van der Waals surface area contributed by atoms with Gasteiger partial charge in [0.25, 0.3) is 0 Å². The molecular formula is C17H23NO3. The van der Waals surface area contributed by atoms with Gasteiger partial charge in [-0.3, -0.25) is 9.59 Å². The third kappa shape index (κ3) is 4.31. The first-order valence-corrected chi connectivity index (χ1v) is 7.51. The molecule has 1 fully saturated rings. The van der Waals surface area contributed by atoms with Crippen molar-refractivity contribution in [3.05, 3.63) is 34.9 Å². The summed E-state index contributed by atoms with van der Waals surface area (Å²) >= 11 is 0. The molecule has 1 aromatic rings. The highest BCUT2D eigenvalue weighted by Crippen LogP contribution is 2.21. The second-order valence-corrected chi connectivity index (χ2v) is 6.03. The Hall–Kier alpha value is -1.84. The largest absolute Gasteiger partial charge is 0.481 e. The van der Waals surface area contributed by atoms with Crippen LogP contribution in [0, 0.1) is 19.8 Å². The van der Waals surface area contributed by atoms with E-state index in [9.17, 15) is 9.59 Å². The van der Waals surface area contributed by atoms with Crippen LogP contribution in [0.15, 0.2) is 18.2 Å². The predicted octanol–water partition coefficient (Wildman–Crippen LogP) is 2.56. The van der Waals surface area contributed by atoms with Gasteiger partial charge in [-0.1, -0.05) is 23.8 Å². The first-order valence-electron chi connectivity index (χ1n) is 7.51. The summed E-state index contributed by atoms with van der Waals surface area (Å²) in [6.07, 6.45) is 2.26. The third-order valence-electron chi connectivity index (χ3n) is 4.28. The Morgan fingerprint density at radius 1 is 1.24 bits per heavy atom. The molecule has 0 aliphatic carbocycles. The number of aryl methyl sites for hydroxylation is 2. The van der Waals surface area contributed by atoms with Crippen molar-refractivity contribution < 1.29 is 14.7 Å². The second kappa shape index (κ2) is 6.74. The van der Waals surface area contributed by atoms with Crippen molar-refractivity contribution in [2.75, 3.05) is 13.1 Å². The molecule has 4 nitrogen and oxygen atoms in total. The molecule has 21 heavy (non-hydrogen) atoms. The number of carbonyl (C=O) groups is 2. The van der Waals surface area contributed by atoms with E-state index >= 15 is 0 Å². The molecule has 4 heteroatoms. The smallest absolute Gasteiger partial charge is 0.303 e. The number of carbonyl (C=O) groups excluding carboxylic acids is 1. The van der Waals surface area contributed by atoms with E-state index < -0.39 is 5.97 Å². The molecule has 1 amide bonds. The number of hydrogen-bond donors (Lipinski definition) is 1. The number of hydrogen-bond acceptors (Lipinski definition) is 2. The lowest BCUT2D eigenvalue weighted by Crippen LogP contribution is -2.39. The topological polar surface area (TPSA) is 57.6 Å². The van der Waals surface area contributed by atoms with Crippen molar-refractivity contribution >= 4 is 11.9 Å². The third-order valence-corrected chi connectivity index (χ3v) is 4.28. The van der Waals surface area contributed by atoms with Gasteiger partial charge in [-0.2, -0.15) is 0 Å². The van der Waals surface area contributed by atoms with Crippen LogP contribution in [0.3, 0.4) is 0 Å². The van der Waals surface area contributed by atoms with Crippen LogP contribution in [0.2, 0.25) is 0 Å². The molecule has 1 heterocycles. The molecule has 0 atom stereocenters. The Bertz CT molecular complexity index is 531. The number of rotatable bonds is 4. The van der Waals surface area contributed by atoms with Crippen molar-refractivity contribution in [2.24, 2.45) is 5.92 Å². The summed E-state index contributed by atoms with van der Waals surface area (Å²) in [7, 11) is 0. The van der Waals surface area contributed by atoms with Gasteiger partial charge in [0.05, 0.1) is 6.42 Å². The summed E-state index contributed by atoms with van der Waals surface area (Å²) in [5.74, 6) is -0.375. The second-order valence-electron chi connectivity index (χ2n) is 6.03. The summed E-state index contributed by atoms with van der Waals surface area (Å²) < 4.78 is 0.